The van der Waals surface area contributed by atoms with Crippen LogP contribution in [0.15, 0.2) is 77.9 Å². The van der Waals surface area contributed by atoms with Crippen molar-refractivity contribution in [3.05, 3.63) is 94.3 Å². The van der Waals surface area contributed by atoms with E-state index >= 15 is 0 Å². The normalized spacial score (nSPS) is 11.3. The first-order valence-corrected chi connectivity index (χ1v) is 9.92. The number of likely N-dealkylation sites (N-methyl/N-ethyl adjacent to an activating group) is 1. The van der Waals surface area contributed by atoms with Crippen molar-refractivity contribution in [1.82, 2.24) is 14.3 Å². The number of ether oxygens (including phenoxy) is 1. The van der Waals surface area contributed by atoms with E-state index < -0.39 is 0 Å². The van der Waals surface area contributed by atoms with Gasteiger partial charge in [-0.05, 0) is 29.8 Å². The molecule has 0 saturated carbocycles. The molecule has 6 nitrogen and oxygen atoms in total. The van der Waals surface area contributed by atoms with Gasteiger partial charge in [0.2, 0.25) is 0 Å². The van der Waals surface area contributed by atoms with Crippen LogP contribution in [0.25, 0.3) is 21.9 Å². The van der Waals surface area contributed by atoms with Crippen LogP contribution in [0.5, 0.6) is 5.75 Å². The van der Waals surface area contributed by atoms with Crippen molar-refractivity contribution in [3.8, 4) is 11.4 Å². The second-order valence-corrected chi connectivity index (χ2v) is 7.93. The Morgan fingerprint density at radius 2 is 1.84 bits per heavy atom. The number of aromatic nitrogens is 3. The van der Waals surface area contributed by atoms with Crippen molar-refractivity contribution < 1.29 is 21.8 Å². The molecule has 2 heterocycles. The van der Waals surface area contributed by atoms with E-state index in [0.717, 1.165) is 22.2 Å². The predicted molar refractivity (Wildman–Crippen MR) is 119 cm³/mol. The predicted octanol–water partition coefficient (Wildman–Crippen LogP) is 4.55. The summed E-state index contributed by atoms with van der Waals surface area (Å²) in [6, 6.07) is 19.1. The molecular formula is C24H25CuN4O2. The Morgan fingerprint density at radius 1 is 1.06 bits per heavy atom. The Kier molecular flexibility index (Phi) is 7.01. The summed E-state index contributed by atoms with van der Waals surface area (Å²) in [5.41, 5.74) is 2.54. The standard InChI is InChI=1S/C24H25N4O2.Cu/c1-24(2,25-3)17-28-22-10-9-20(13-19(22)15-26-28)27-12-11-21(14-23(27)29)30-16-18-7-5-4-6-8-18;/h4-15H,16-17H2,1-3H3;/q-1;+1. The molecule has 0 atom stereocenters. The van der Waals surface area contributed by atoms with E-state index in [2.05, 4.69) is 24.3 Å². The Labute approximate surface area is 192 Å². The van der Waals surface area contributed by atoms with Gasteiger partial charge in [0.05, 0.1) is 11.7 Å². The number of rotatable bonds is 7. The Morgan fingerprint density at radius 3 is 2.55 bits per heavy atom. The molecule has 31 heavy (non-hydrogen) atoms. The summed E-state index contributed by atoms with van der Waals surface area (Å²) in [6.07, 6.45) is 3.57. The van der Waals surface area contributed by atoms with Gasteiger partial charge in [-0.25, -0.2) is 0 Å². The first-order valence-electron chi connectivity index (χ1n) is 9.92. The second kappa shape index (κ2) is 9.52. The van der Waals surface area contributed by atoms with Crippen LogP contribution in [0.2, 0.25) is 0 Å². The van der Waals surface area contributed by atoms with Gasteiger partial charge in [-0.15, -0.1) is 5.54 Å². The number of nitrogens with zero attached hydrogens (tertiary/aromatic N) is 4. The fourth-order valence-electron chi connectivity index (χ4n) is 3.29. The van der Waals surface area contributed by atoms with E-state index in [-0.39, 0.29) is 28.2 Å². The van der Waals surface area contributed by atoms with Crippen LogP contribution in [-0.4, -0.2) is 26.9 Å². The molecule has 2 aromatic carbocycles. The summed E-state index contributed by atoms with van der Waals surface area (Å²) < 4.78 is 9.32. The molecule has 0 fully saturated rings. The van der Waals surface area contributed by atoms with Crippen LogP contribution in [0.1, 0.15) is 19.4 Å². The van der Waals surface area contributed by atoms with Crippen molar-refractivity contribution in [2.45, 2.75) is 32.5 Å². The van der Waals surface area contributed by atoms with E-state index in [4.69, 9.17) is 4.74 Å². The topological polar surface area (TPSA) is 63.1 Å². The fraction of sp³-hybridized carbons (Fsp3) is 0.250. The minimum Gasteiger partial charge on any atom is -0.658 e. The van der Waals surface area contributed by atoms with Gasteiger partial charge >= 0.3 is 17.1 Å². The minimum absolute atomic E-state index is 0. The van der Waals surface area contributed by atoms with E-state index in [1.165, 1.54) is 6.07 Å². The minimum atomic E-state index is -0.190. The van der Waals surface area contributed by atoms with Crippen LogP contribution >= 0.6 is 0 Å². The first kappa shape index (κ1) is 22.8. The molecule has 0 N–H and O–H groups in total. The monoisotopic (exact) mass is 464 g/mol. The molecule has 0 spiro atoms. The van der Waals surface area contributed by atoms with Gasteiger partial charge in [-0.2, -0.15) is 12.1 Å². The SMILES string of the molecule is C[N-]C(C)(C)Cn1ncc2cc(-n3ccc(OCc4ccccc4)cc3=O)ccc21.[Cu+]. The molecule has 0 aliphatic heterocycles. The number of hydrogen-bond acceptors (Lipinski definition) is 3. The van der Waals surface area contributed by atoms with E-state index in [1.54, 1.807) is 10.8 Å². The van der Waals surface area contributed by atoms with Crippen molar-refractivity contribution >= 4 is 10.9 Å². The van der Waals surface area contributed by atoms with Crippen LogP contribution in [0, 0.1) is 0 Å². The summed E-state index contributed by atoms with van der Waals surface area (Å²) in [5, 5.41) is 9.89. The van der Waals surface area contributed by atoms with Gasteiger partial charge in [0.15, 0.2) is 0 Å². The zero-order valence-electron chi connectivity index (χ0n) is 17.7. The Hall–Kier alpha value is -2.86. The largest absolute Gasteiger partial charge is 1.00 e. The molecule has 4 aromatic rings. The van der Waals surface area contributed by atoms with Crippen LogP contribution in [0.3, 0.4) is 0 Å². The Bertz CT molecular complexity index is 1220. The molecule has 0 aliphatic carbocycles. The summed E-state index contributed by atoms with van der Waals surface area (Å²) in [7, 11) is 1.82. The van der Waals surface area contributed by atoms with Crippen LogP contribution in [-0.2, 0) is 30.2 Å². The molecule has 4 rings (SSSR count). The second-order valence-electron chi connectivity index (χ2n) is 7.93. The van der Waals surface area contributed by atoms with Crippen molar-refractivity contribution in [2.24, 2.45) is 0 Å². The maximum atomic E-state index is 12.7. The van der Waals surface area contributed by atoms with Crippen molar-refractivity contribution in [3.63, 3.8) is 0 Å². The van der Waals surface area contributed by atoms with E-state index in [0.29, 0.717) is 18.9 Å². The maximum absolute atomic E-state index is 12.7. The van der Waals surface area contributed by atoms with E-state index in [9.17, 15) is 4.79 Å². The average molecular weight is 465 g/mol. The molecule has 0 saturated heterocycles. The summed E-state index contributed by atoms with van der Waals surface area (Å²) in [6.45, 7) is 5.28. The van der Waals surface area contributed by atoms with Gasteiger partial charge in [0, 0.05) is 29.9 Å². The number of benzene rings is 2. The van der Waals surface area contributed by atoms with Crippen molar-refractivity contribution in [2.75, 3.05) is 7.05 Å². The summed E-state index contributed by atoms with van der Waals surface area (Å²) in [5.74, 6) is 0.555. The smallest absolute Gasteiger partial charge is 0.658 e. The number of hydrogen-bond donors (Lipinski definition) is 0. The van der Waals surface area contributed by atoms with Gasteiger partial charge in [0.25, 0.3) is 5.56 Å². The molecule has 0 bridgehead atoms. The molecule has 0 aliphatic rings. The molecule has 0 amide bonds. The molecule has 2 aromatic heterocycles. The molecule has 0 unspecified atom stereocenters. The van der Waals surface area contributed by atoms with Gasteiger partial charge in [-0.3, -0.25) is 14.0 Å². The molecule has 7 heteroatoms. The number of pyridine rings is 1. The Balaban J connectivity index is 0.00000272. The quantitative estimate of drug-likeness (QED) is 0.377. The fourth-order valence-corrected chi connectivity index (χ4v) is 3.29. The maximum Gasteiger partial charge on any atom is 1.00 e. The number of fused-ring (bicyclic) bond motifs is 1. The zero-order valence-corrected chi connectivity index (χ0v) is 18.7. The third kappa shape index (κ3) is 5.25. The summed E-state index contributed by atoms with van der Waals surface area (Å²) >= 11 is 0. The molecule has 164 valence electrons. The van der Waals surface area contributed by atoms with Gasteiger partial charge in [0.1, 0.15) is 12.4 Å². The first-order chi connectivity index (χ1) is 14.4. The zero-order chi connectivity index (χ0) is 21.1. The molecule has 0 radical (unpaired) electrons. The summed E-state index contributed by atoms with van der Waals surface area (Å²) in [4.78, 5) is 12.7. The third-order valence-electron chi connectivity index (χ3n) is 5.18. The van der Waals surface area contributed by atoms with Crippen LogP contribution < -0.4 is 10.3 Å². The third-order valence-corrected chi connectivity index (χ3v) is 5.18. The van der Waals surface area contributed by atoms with E-state index in [1.807, 2.05) is 72.5 Å². The van der Waals surface area contributed by atoms with Crippen LogP contribution in [0.4, 0.5) is 0 Å². The van der Waals surface area contributed by atoms with Gasteiger partial charge in [-0.1, -0.05) is 44.2 Å². The molecular weight excluding hydrogens is 440 g/mol. The van der Waals surface area contributed by atoms with Crippen molar-refractivity contribution in [1.29, 1.82) is 0 Å². The van der Waals surface area contributed by atoms with Gasteiger partial charge < -0.3 is 10.1 Å². The average Bonchev–Trinajstić information content (AvgIpc) is 3.14.